The minimum absolute atomic E-state index is 0.344. The third-order valence-electron chi connectivity index (χ3n) is 3.54. The predicted octanol–water partition coefficient (Wildman–Crippen LogP) is 3.93. The number of aromatic nitrogens is 1. The van der Waals surface area contributed by atoms with Gasteiger partial charge in [-0.2, -0.15) is 0 Å². The fraction of sp³-hybridized carbons (Fsp3) is 0.389. The number of nitrogens with zero attached hydrogens (tertiary/aromatic N) is 1. The predicted molar refractivity (Wildman–Crippen MR) is 84.8 cm³/mol. The van der Waals surface area contributed by atoms with Crippen LogP contribution in [0.4, 0.5) is 0 Å². The third-order valence-corrected chi connectivity index (χ3v) is 3.54. The van der Waals surface area contributed by atoms with Crippen LogP contribution in [-0.2, 0) is 12.8 Å². The zero-order valence-electron chi connectivity index (χ0n) is 12.5. The van der Waals surface area contributed by atoms with Crippen LogP contribution < -0.4 is 5.32 Å². The third kappa shape index (κ3) is 4.17. The van der Waals surface area contributed by atoms with Gasteiger partial charge in [-0.25, -0.2) is 0 Å². The highest BCUT2D eigenvalue weighted by molar-refractivity contribution is 5.27. The van der Waals surface area contributed by atoms with Crippen LogP contribution in [0.1, 0.15) is 43.1 Å². The van der Waals surface area contributed by atoms with Crippen molar-refractivity contribution in [3.63, 3.8) is 0 Å². The molecule has 0 fully saturated rings. The molecule has 0 bridgehead atoms. The number of pyridine rings is 1. The van der Waals surface area contributed by atoms with E-state index < -0.39 is 0 Å². The fourth-order valence-electron chi connectivity index (χ4n) is 2.38. The van der Waals surface area contributed by atoms with Crippen LogP contribution in [0.25, 0.3) is 0 Å². The van der Waals surface area contributed by atoms with Gasteiger partial charge >= 0.3 is 0 Å². The van der Waals surface area contributed by atoms with Crippen LogP contribution in [0.2, 0.25) is 0 Å². The molecule has 1 heterocycles. The average Bonchev–Trinajstić information content (AvgIpc) is 2.52. The molecule has 2 heteroatoms. The van der Waals surface area contributed by atoms with E-state index in [-0.39, 0.29) is 0 Å². The Labute approximate surface area is 122 Å². The van der Waals surface area contributed by atoms with E-state index in [1.807, 2.05) is 12.3 Å². The zero-order chi connectivity index (χ0) is 14.2. The second kappa shape index (κ2) is 7.81. The standard InChI is InChI=1S/C18H24N2/c1-3-11-20-18(14-17-10-5-6-12-19-17)16-9-7-8-15(4-2)13-16/h5-10,12-13,18,20H,3-4,11,14H2,1-2H3. The van der Waals surface area contributed by atoms with E-state index in [4.69, 9.17) is 0 Å². The first kappa shape index (κ1) is 14.7. The number of benzene rings is 1. The van der Waals surface area contributed by atoms with Gasteiger partial charge in [-0.15, -0.1) is 0 Å². The molecule has 0 saturated heterocycles. The summed E-state index contributed by atoms with van der Waals surface area (Å²) in [4.78, 5) is 4.45. The Balaban J connectivity index is 2.17. The van der Waals surface area contributed by atoms with E-state index in [2.05, 4.69) is 60.5 Å². The van der Waals surface area contributed by atoms with Gasteiger partial charge in [0.2, 0.25) is 0 Å². The molecule has 2 rings (SSSR count). The molecule has 106 valence electrons. The maximum atomic E-state index is 4.45. The smallest absolute Gasteiger partial charge is 0.0422 e. The molecule has 0 saturated carbocycles. The Morgan fingerprint density at radius 3 is 2.70 bits per heavy atom. The Hall–Kier alpha value is -1.67. The average molecular weight is 268 g/mol. The van der Waals surface area contributed by atoms with Crippen molar-refractivity contribution < 1.29 is 0 Å². The maximum Gasteiger partial charge on any atom is 0.0422 e. The topological polar surface area (TPSA) is 24.9 Å². The van der Waals surface area contributed by atoms with Crippen molar-refractivity contribution in [2.75, 3.05) is 6.54 Å². The zero-order valence-corrected chi connectivity index (χ0v) is 12.5. The van der Waals surface area contributed by atoms with Crippen LogP contribution >= 0.6 is 0 Å². The normalized spacial score (nSPS) is 12.3. The van der Waals surface area contributed by atoms with Gasteiger partial charge < -0.3 is 5.32 Å². The molecular formula is C18H24N2. The van der Waals surface area contributed by atoms with E-state index in [0.717, 1.165) is 31.5 Å². The molecular weight excluding hydrogens is 244 g/mol. The monoisotopic (exact) mass is 268 g/mol. The van der Waals surface area contributed by atoms with Crippen molar-refractivity contribution in [3.05, 3.63) is 65.5 Å². The summed E-state index contributed by atoms with van der Waals surface area (Å²) in [5, 5.41) is 3.65. The van der Waals surface area contributed by atoms with Gasteiger partial charge in [0.05, 0.1) is 0 Å². The number of nitrogens with one attached hydrogen (secondary N) is 1. The summed E-state index contributed by atoms with van der Waals surface area (Å²) in [5.41, 5.74) is 3.90. The van der Waals surface area contributed by atoms with Crippen LogP contribution in [0.5, 0.6) is 0 Å². The highest BCUT2D eigenvalue weighted by atomic mass is 14.9. The SMILES string of the molecule is CCCNC(Cc1ccccn1)c1cccc(CC)c1. The van der Waals surface area contributed by atoms with Gasteiger partial charge in [0.1, 0.15) is 0 Å². The lowest BCUT2D eigenvalue weighted by Gasteiger charge is -2.19. The lowest BCUT2D eigenvalue weighted by molar-refractivity contribution is 0.524. The number of rotatable bonds is 7. The molecule has 1 unspecified atom stereocenters. The first-order valence-corrected chi connectivity index (χ1v) is 7.55. The molecule has 1 aromatic heterocycles. The molecule has 0 aliphatic carbocycles. The van der Waals surface area contributed by atoms with Gasteiger partial charge in [0, 0.05) is 24.4 Å². The molecule has 20 heavy (non-hydrogen) atoms. The van der Waals surface area contributed by atoms with E-state index in [1.165, 1.54) is 11.1 Å². The van der Waals surface area contributed by atoms with Crippen LogP contribution in [0.3, 0.4) is 0 Å². The second-order valence-corrected chi connectivity index (χ2v) is 5.13. The summed E-state index contributed by atoms with van der Waals surface area (Å²) >= 11 is 0. The van der Waals surface area contributed by atoms with Crippen molar-refractivity contribution in [3.8, 4) is 0 Å². The molecule has 0 aliphatic rings. The number of hydrogen-bond acceptors (Lipinski definition) is 2. The van der Waals surface area contributed by atoms with Crippen LogP contribution in [-0.4, -0.2) is 11.5 Å². The van der Waals surface area contributed by atoms with Gasteiger partial charge in [0.25, 0.3) is 0 Å². The summed E-state index contributed by atoms with van der Waals surface area (Å²) in [7, 11) is 0. The quantitative estimate of drug-likeness (QED) is 0.823. The van der Waals surface area contributed by atoms with Gasteiger partial charge in [0.15, 0.2) is 0 Å². The van der Waals surface area contributed by atoms with Crippen molar-refractivity contribution in [1.29, 1.82) is 0 Å². The van der Waals surface area contributed by atoms with Gasteiger partial charge in [-0.05, 0) is 42.6 Å². The van der Waals surface area contributed by atoms with Crippen LogP contribution in [0, 0.1) is 0 Å². The lowest BCUT2D eigenvalue weighted by atomic mass is 9.98. The van der Waals surface area contributed by atoms with Gasteiger partial charge in [-0.3, -0.25) is 4.98 Å². The minimum Gasteiger partial charge on any atom is -0.310 e. The van der Waals surface area contributed by atoms with E-state index >= 15 is 0 Å². The van der Waals surface area contributed by atoms with Crippen molar-refractivity contribution in [2.24, 2.45) is 0 Å². The summed E-state index contributed by atoms with van der Waals surface area (Å²) < 4.78 is 0. The van der Waals surface area contributed by atoms with Crippen molar-refractivity contribution in [1.82, 2.24) is 10.3 Å². The summed E-state index contributed by atoms with van der Waals surface area (Å²) in [6, 6.07) is 15.4. The molecule has 0 aliphatic heterocycles. The first-order chi connectivity index (χ1) is 9.83. The molecule has 0 amide bonds. The first-order valence-electron chi connectivity index (χ1n) is 7.55. The van der Waals surface area contributed by atoms with Crippen molar-refractivity contribution >= 4 is 0 Å². The van der Waals surface area contributed by atoms with Crippen LogP contribution in [0.15, 0.2) is 48.7 Å². The van der Waals surface area contributed by atoms with E-state index in [1.54, 1.807) is 0 Å². The Bertz CT molecular complexity index is 508. The Kier molecular flexibility index (Phi) is 5.75. The highest BCUT2D eigenvalue weighted by Crippen LogP contribution is 2.19. The van der Waals surface area contributed by atoms with E-state index in [0.29, 0.717) is 6.04 Å². The highest BCUT2D eigenvalue weighted by Gasteiger charge is 2.12. The molecule has 2 aromatic rings. The largest absolute Gasteiger partial charge is 0.310 e. The summed E-state index contributed by atoms with van der Waals surface area (Å²) in [6.45, 7) is 5.44. The Morgan fingerprint density at radius 2 is 2.00 bits per heavy atom. The lowest BCUT2D eigenvalue weighted by Crippen LogP contribution is -2.24. The van der Waals surface area contributed by atoms with Crippen molar-refractivity contribution in [2.45, 2.75) is 39.2 Å². The fourth-order valence-corrected chi connectivity index (χ4v) is 2.38. The van der Waals surface area contributed by atoms with Gasteiger partial charge in [-0.1, -0.05) is 44.2 Å². The molecule has 0 spiro atoms. The summed E-state index contributed by atoms with van der Waals surface area (Å²) in [6.07, 6.45) is 5.03. The number of aryl methyl sites for hydroxylation is 1. The molecule has 1 atom stereocenters. The maximum absolute atomic E-state index is 4.45. The van der Waals surface area contributed by atoms with E-state index in [9.17, 15) is 0 Å². The minimum atomic E-state index is 0.344. The molecule has 1 N–H and O–H groups in total. The summed E-state index contributed by atoms with van der Waals surface area (Å²) in [5.74, 6) is 0. The number of hydrogen-bond donors (Lipinski definition) is 1. The Morgan fingerprint density at radius 1 is 1.10 bits per heavy atom. The molecule has 1 aromatic carbocycles. The molecule has 0 radical (unpaired) electrons. The second-order valence-electron chi connectivity index (χ2n) is 5.13. The molecule has 2 nitrogen and oxygen atoms in total.